The van der Waals surface area contributed by atoms with Crippen molar-refractivity contribution in [2.24, 2.45) is 0 Å². The molecule has 0 aliphatic carbocycles. The Kier molecular flexibility index (Phi) is 7.52. The number of nitrogens with zero attached hydrogens (tertiary/aromatic N) is 2. The fraction of sp³-hybridized carbons (Fsp3) is 0.222. The number of carbonyl (C=O) groups excluding carboxylic acids is 3. The van der Waals surface area contributed by atoms with Crippen molar-refractivity contribution >= 4 is 51.8 Å². The molecule has 0 fully saturated rings. The highest BCUT2D eigenvalue weighted by molar-refractivity contribution is 7.08. The van der Waals surface area contributed by atoms with Gasteiger partial charge in [-0.3, -0.25) is 9.59 Å². The molecule has 0 radical (unpaired) electrons. The lowest BCUT2D eigenvalue weighted by Gasteiger charge is -2.20. The van der Waals surface area contributed by atoms with Crippen LogP contribution in [0, 0.1) is 0 Å². The topological polar surface area (TPSA) is 91.0 Å². The van der Waals surface area contributed by atoms with Gasteiger partial charge in [0, 0.05) is 47.9 Å². The molecule has 2 heterocycles. The highest BCUT2D eigenvalue weighted by atomic mass is 32.1. The first-order valence-corrected chi connectivity index (χ1v) is 12.3. The molecule has 8 nitrogen and oxygen atoms in total. The predicted molar refractivity (Wildman–Crippen MR) is 143 cm³/mol. The summed E-state index contributed by atoms with van der Waals surface area (Å²) < 4.78 is 4.80. The second-order valence-corrected chi connectivity index (χ2v) is 9.48. The van der Waals surface area contributed by atoms with Crippen LogP contribution in [0.4, 0.5) is 11.4 Å². The van der Waals surface area contributed by atoms with E-state index in [9.17, 15) is 14.4 Å². The Morgan fingerprint density at radius 1 is 0.972 bits per heavy atom. The molecule has 1 aromatic heterocycles. The Morgan fingerprint density at radius 3 is 2.33 bits per heavy atom. The molecule has 9 heteroatoms. The fourth-order valence-electron chi connectivity index (χ4n) is 3.86. The molecule has 36 heavy (non-hydrogen) atoms. The van der Waals surface area contributed by atoms with E-state index in [2.05, 4.69) is 10.6 Å². The van der Waals surface area contributed by atoms with Gasteiger partial charge in [0.25, 0.3) is 11.8 Å². The van der Waals surface area contributed by atoms with E-state index in [-0.39, 0.29) is 11.8 Å². The van der Waals surface area contributed by atoms with Gasteiger partial charge in [0.2, 0.25) is 0 Å². The lowest BCUT2D eigenvalue weighted by atomic mass is 10.00. The number of nitrogens with one attached hydrogen (secondary N) is 2. The Hall–Kier alpha value is -3.95. The maximum atomic E-state index is 13.1. The molecule has 2 N–H and O–H groups in total. The van der Waals surface area contributed by atoms with Crippen LogP contribution in [-0.4, -0.2) is 68.9 Å². The molecule has 4 rings (SSSR count). The summed E-state index contributed by atoms with van der Waals surface area (Å²) in [5, 5.41) is 10.1. The Morgan fingerprint density at radius 2 is 1.69 bits per heavy atom. The average molecular weight is 505 g/mol. The third-order valence-corrected chi connectivity index (χ3v) is 6.56. The van der Waals surface area contributed by atoms with Gasteiger partial charge in [0.15, 0.2) is 0 Å². The van der Waals surface area contributed by atoms with Crippen molar-refractivity contribution < 1.29 is 19.1 Å². The van der Waals surface area contributed by atoms with Crippen LogP contribution in [0.15, 0.2) is 59.3 Å². The zero-order valence-electron chi connectivity index (χ0n) is 20.6. The number of rotatable bonds is 8. The smallest absolute Gasteiger partial charge is 0.337 e. The van der Waals surface area contributed by atoms with Gasteiger partial charge in [-0.1, -0.05) is 6.07 Å². The number of anilines is 2. The van der Waals surface area contributed by atoms with E-state index in [1.54, 1.807) is 42.3 Å². The minimum Gasteiger partial charge on any atom is -0.465 e. The number of hydrogen-bond donors (Lipinski definition) is 2. The molecule has 2 aromatic carbocycles. The standard InChI is InChI=1S/C27H28N4O4S/c1-30(2)12-13-31(3)26(33)17-5-8-20(9-6-17)28-24(19-11-14-36-16-19)23-21-10-7-18(27(34)35-4)15-22(21)29-25(23)32/h5-11,14-16,28H,12-13H2,1-4H3,(H,29,32). The maximum absolute atomic E-state index is 13.1. The first-order chi connectivity index (χ1) is 17.3. The van der Waals surface area contributed by atoms with Crippen LogP contribution >= 0.6 is 11.3 Å². The molecule has 3 aromatic rings. The average Bonchev–Trinajstić information content (AvgIpc) is 3.52. The Labute approximate surface area is 214 Å². The summed E-state index contributed by atoms with van der Waals surface area (Å²) in [4.78, 5) is 41.5. The van der Waals surface area contributed by atoms with E-state index < -0.39 is 5.97 Å². The molecule has 186 valence electrons. The number of benzene rings is 2. The quantitative estimate of drug-likeness (QED) is 0.355. The lowest BCUT2D eigenvalue weighted by molar-refractivity contribution is -0.110. The van der Waals surface area contributed by atoms with Crippen LogP contribution in [0.25, 0.3) is 11.3 Å². The SMILES string of the molecule is COC(=O)c1ccc2c(c1)NC(=O)C2=C(Nc1ccc(C(=O)N(C)CCN(C)C)cc1)c1ccsc1. The van der Waals surface area contributed by atoms with Gasteiger partial charge < -0.3 is 25.2 Å². The van der Waals surface area contributed by atoms with Gasteiger partial charge in [-0.2, -0.15) is 11.3 Å². The second kappa shape index (κ2) is 10.8. The molecular weight excluding hydrogens is 476 g/mol. The molecule has 0 atom stereocenters. The van der Waals surface area contributed by atoms with E-state index >= 15 is 0 Å². The molecule has 0 unspecified atom stereocenters. The van der Waals surface area contributed by atoms with Crippen LogP contribution in [0.3, 0.4) is 0 Å². The molecule has 0 spiro atoms. The maximum Gasteiger partial charge on any atom is 0.337 e. The molecule has 1 aliphatic rings. The summed E-state index contributed by atoms with van der Waals surface area (Å²) in [6.45, 7) is 1.41. The number of fused-ring (bicyclic) bond motifs is 1. The van der Waals surface area contributed by atoms with Crippen LogP contribution in [-0.2, 0) is 9.53 Å². The minimum atomic E-state index is -0.470. The van der Waals surface area contributed by atoms with Crippen LogP contribution < -0.4 is 10.6 Å². The fourth-order valence-corrected chi connectivity index (χ4v) is 4.51. The number of amides is 2. The summed E-state index contributed by atoms with van der Waals surface area (Å²) in [7, 11) is 7.05. The van der Waals surface area contributed by atoms with Gasteiger partial charge >= 0.3 is 5.97 Å². The first kappa shape index (κ1) is 25.2. The predicted octanol–water partition coefficient (Wildman–Crippen LogP) is 4.10. The second-order valence-electron chi connectivity index (χ2n) is 8.70. The van der Waals surface area contributed by atoms with E-state index in [0.717, 1.165) is 17.8 Å². The van der Waals surface area contributed by atoms with Gasteiger partial charge in [0.05, 0.1) is 29.6 Å². The number of thiophene rings is 1. The van der Waals surface area contributed by atoms with E-state index in [4.69, 9.17) is 4.74 Å². The minimum absolute atomic E-state index is 0.0506. The van der Waals surface area contributed by atoms with Crippen LogP contribution in [0.2, 0.25) is 0 Å². The van der Waals surface area contributed by atoms with Crippen molar-refractivity contribution in [3.8, 4) is 0 Å². The molecule has 1 aliphatic heterocycles. The monoisotopic (exact) mass is 504 g/mol. The zero-order chi connectivity index (χ0) is 25.8. The summed E-state index contributed by atoms with van der Waals surface area (Å²) in [6, 6.07) is 14.1. The van der Waals surface area contributed by atoms with Crippen LogP contribution in [0.5, 0.6) is 0 Å². The zero-order valence-corrected chi connectivity index (χ0v) is 21.4. The Balaban J connectivity index is 1.64. The summed E-state index contributed by atoms with van der Waals surface area (Å²) in [5.41, 5.74) is 4.90. The number of likely N-dealkylation sites (N-methyl/N-ethyl adjacent to an activating group) is 2. The third-order valence-electron chi connectivity index (χ3n) is 5.88. The van der Waals surface area contributed by atoms with Crippen molar-refractivity contribution in [3.05, 3.63) is 81.5 Å². The third kappa shape index (κ3) is 5.32. The Bertz CT molecular complexity index is 1310. The van der Waals surface area contributed by atoms with Crippen LogP contribution in [0.1, 0.15) is 31.8 Å². The highest BCUT2D eigenvalue weighted by Gasteiger charge is 2.29. The summed E-state index contributed by atoms with van der Waals surface area (Å²) >= 11 is 1.52. The lowest BCUT2D eigenvalue weighted by Crippen LogP contribution is -2.33. The van der Waals surface area contributed by atoms with Gasteiger partial charge in [0.1, 0.15) is 0 Å². The summed E-state index contributed by atoms with van der Waals surface area (Å²) in [5.74, 6) is -0.789. The van der Waals surface area contributed by atoms with Crippen molar-refractivity contribution in [1.29, 1.82) is 0 Å². The number of esters is 1. The number of hydrogen-bond acceptors (Lipinski definition) is 7. The van der Waals surface area contributed by atoms with Gasteiger partial charge in [-0.25, -0.2) is 4.79 Å². The molecule has 0 bridgehead atoms. The van der Waals surface area contributed by atoms with E-state index in [1.165, 1.54) is 18.4 Å². The number of ether oxygens (including phenoxy) is 1. The highest BCUT2D eigenvalue weighted by Crippen LogP contribution is 2.38. The number of carbonyl (C=O) groups is 3. The molecule has 0 saturated heterocycles. The first-order valence-electron chi connectivity index (χ1n) is 11.4. The van der Waals surface area contributed by atoms with Crippen molar-refractivity contribution in [3.63, 3.8) is 0 Å². The van der Waals surface area contributed by atoms with E-state index in [1.807, 2.05) is 48.0 Å². The normalized spacial score (nSPS) is 13.8. The number of methoxy groups -OCH3 is 1. The van der Waals surface area contributed by atoms with Gasteiger partial charge in [-0.15, -0.1) is 0 Å². The largest absolute Gasteiger partial charge is 0.465 e. The van der Waals surface area contributed by atoms with Crippen molar-refractivity contribution in [2.75, 3.05) is 52.0 Å². The van der Waals surface area contributed by atoms with Gasteiger partial charge in [-0.05, 0) is 61.9 Å². The summed E-state index contributed by atoms with van der Waals surface area (Å²) in [6.07, 6.45) is 0. The molecular formula is C27H28N4O4S. The molecule has 0 saturated carbocycles. The molecule has 2 amide bonds. The van der Waals surface area contributed by atoms with Crippen molar-refractivity contribution in [2.45, 2.75) is 0 Å². The van der Waals surface area contributed by atoms with E-state index in [0.29, 0.717) is 40.2 Å². The van der Waals surface area contributed by atoms with Crippen molar-refractivity contribution in [1.82, 2.24) is 9.80 Å².